The number of nitrogens with zero attached hydrogens (tertiary/aromatic N) is 3. The van der Waals surface area contributed by atoms with E-state index in [1.807, 2.05) is 0 Å². The van der Waals surface area contributed by atoms with Crippen LogP contribution in [0.25, 0.3) is 0 Å². The zero-order chi connectivity index (χ0) is 15.4. The Bertz CT molecular complexity index is 631. The molecule has 112 valence electrons. The maximum absolute atomic E-state index is 13.1. The molecule has 0 aliphatic heterocycles. The number of hydrogen-bond donors (Lipinski definition) is 1. The van der Waals surface area contributed by atoms with Crippen LogP contribution in [-0.4, -0.2) is 38.3 Å². The van der Waals surface area contributed by atoms with E-state index in [9.17, 15) is 9.18 Å². The lowest BCUT2D eigenvalue weighted by molar-refractivity contribution is -0.129. The first kappa shape index (κ1) is 15.5. The molecule has 1 unspecified atom stereocenters. The first-order valence-electron chi connectivity index (χ1n) is 6.51. The molecule has 2 rings (SSSR count). The highest BCUT2D eigenvalue weighted by Gasteiger charge is 2.20. The summed E-state index contributed by atoms with van der Waals surface area (Å²) in [6.45, 7) is 3.98. The summed E-state index contributed by atoms with van der Waals surface area (Å²) >= 11 is 1.30. The molecule has 0 spiro atoms. The quantitative estimate of drug-likeness (QED) is 0.862. The molecular weight excluding hydrogens is 291 g/mol. The second-order valence-corrected chi connectivity index (χ2v) is 6.10. The van der Waals surface area contributed by atoms with Crippen molar-refractivity contribution in [1.29, 1.82) is 0 Å². The zero-order valence-electron chi connectivity index (χ0n) is 12.1. The maximum atomic E-state index is 13.1. The molecule has 0 fully saturated rings. The summed E-state index contributed by atoms with van der Waals surface area (Å²) in [4.78, 5) is 18.0. The summed E-state index contributed by atoms with van der Waals surface area (Å²) in [6, 6.07) is 6.25. The molecule has 1 atom stereocenters. The van der Waals surface area contributed by atoms with E-state index >= 15 is 0 Å². The normalized spacial score (nSPS) is 12.2. The van der Waals surface area contributed by atoms with Crippen molar-refractivity contribution in [3.8, 4) is 0 Å². The predicted octanol–water partition coefficient (Wildman–Crippen LogP) is 2.39. The standard InChI is InChI=1S/C14H17FN4OS/c1-9(21-14-16-10(2)17-18-14)13(20)19(3)8-11-5-4-6-12(15)7-11/h4-7,9H,8H2,1-3H3,(H,16,17,18). The fourth-order valence-corrected chi connectivity index (χ4v) is 2.77. The van der Waals surface area contributed by atoms with Gasteiger partial charge in [-0.25, -0.2) is 9.37 Å². The number of aromatic nitrogens is 3. The average molecular weight is 308 g/mol. The summed E-state index contributed by atoms with van der Waals surface area (Å²) in [6.07, 6.45) is 0. The van der Waals surface area contributed by atoms with E-state index in [-0.39, 0.29) is 17.0 Å². The molecule has 0 radical (unpaired) electrons. The number of aromatic amines is 1. The minimum Gasteiger partial charge on any atom is -0.340 e. The molecule has 1 heterocycles. The highest BCUT2D eigenvalue weighted by Crippen LogP contribution is 2.21. The van der Waals surface area contributed by atoms with Crippen LogP contribution < -0.4 is 0 Å². The fourth-order valence-electron chi connectivity index (χ4n) is 1.88. The van der Waals surface area contributed by atoms with Gasteiger partial charge in [0, 0.05) is 13.6 Å². The Labute approximate surface area is 127 Å². The van der Waals surface area contributed by atoms with E-state index in [0.717, 1.165) is 5.56 Å². The van der Waals surface area contributed by atoms with Crippen LogP contribution in [0.4, 0.5) is 4.39 Å². The minimum atomic E-state index is -0.307. The Balaban J connectivity index is 1.95. The summed E-state index contributed by atoms with van der Waals surface area (Å²) in [7, 11) is 1.70. The Morgan fingerprint density at radius 3 is 2.90 bits per heavy atom. The van der Waals surface area contributed by atoms with Crippen LogP contribution >= 0.6 is 11.8 Å². The second kappa shape index (κ2) is 6.71. The van der Waals surface area contributed by atoms with Crippen molar-refractivity contribution in [1.82, 2.24) is 20.1 Å². The van der Waals surface area contributed by atoms with Gasteiger partial charge in [-0.15, -0.1) is 5.10 Å². The number of nitrogens with one attached hydrogen (secondary N) is 1. The van der Waals surface area contributed by atoms with Gasteiger partial charge in [0.25, 0.3) is 0 Å². The lowest BCUT2D eigenvalue weighted by atomic mass is 10.2. The van der Waals surface area contributed by atoms with Gasteiger partial charge in [0.05, 0.1) is 5.25 Å². The van der Waals surface area contributed by atoms with E-state index in [0.29, 0.717) is 17.5 Å². The Kier molecular flexibility index (Phi) is 4.95. The van der Waals surface area contributed by atoms with Crippen molar-refractivity contribution in [3.05, 3.63) is 41.5 Å². The van der Waals surface area contributed by atoms with Crippen LogP contribution in [0.1, 0.15) is 18.3 Å². The van der Waals surface area contributed by atoms with Gasteiger partial charge >= 0.3 is 0 Å². The van der Waals surface area contributed by atoms with Crippen LogP contribution in [0.15, 0.2) is 29.4 Å². The lowest BCUT2D eigenvalue weighted by Gasteiger charge is -2.20. The molecule has 0 aliphatic carbocycles. The van der Waals surface area contributed by atoms with Crippen LogP contribution in [0.2, 0.25) is 0 Å². The molecule has 5 nitrogen and oxygen atoms in total. The van der Waals surface area contributed by atoms with Crippen molar-refractivity contribution in [2.75, 3.05) is 7.05 Å². The molecule has 7 heteroatoms. The van der Waals surface area contributed by atoms with Crippen LogP contribution in [0.3, 0.4) is 0 Å². The van der Waals surface area contributed by atoms with E-state index < -0.39 is 0 Å². The number of H-pyrrole nitrogens is 1. The molecule has 0 aliphatic rings. The highest BCUT2D eigenvalue weighted by molar-refractivity contribution is 8.00. The Morgan fingerprint density at radius 1 is 1.52 bits per heavy atom. The topological polar surface area (TPSA) is 61.9 Å². The third-order valence-corrected chi connectivity index (χ3v) is 3.84. The number of rotatable bonds is 5. The molecule has 1 aromatic heterocycles. The van der Waals surface area contributed by atoms with Gasteiger partial charge < -0.3 is 4.90 Å². The number of carbonyl (C=O) groups is 1. The third kappa shape index (κ3) is 4.29. The number of halogens is 1. The zero-order valence-corrected chi connectivity index (χ0v) is 12.9. The second-order valence-electron chi connectivity index (χ2n) is 4.79. The van der Waals surface area contributed by atoms with Gasteiger partial charge in [-0.1, -0.05) is 23.9 Å². The molecule has 0 saturated carbocycles. The molecule has 1 aromatic carbocycles. The highest BCUT2D eigenvalue weighted by atomic mass is 32.2. The van der Waals surface area contributed by atoms with Crippen molar-refractivity contribution in [3.63, 3.8) is 0 Å². The number of benzene rings is 1. The summed E-state index contributed by atoms with van der Waals surface area (Å²) in [5.74, 6) is 0.365. The molecular formula is C14H17FN4OS. The first-order chi connectivity index (χ1) is 9.95. The Morgan fingerprint density at radius 2 is 2.29 bits per heavy atom. The monoisotopic (exact) mass is 308 g/mol. The van der Waals surface area contributed by atoms with Gasteiger partial charge in [-0.05, 0) is 31.5 Å². The number of hydrogen-bond acceptors (Lipinski definition) is 4. The molecule has 1 amide bonds. The number of aryl methyl sites for hydroxylation is 1. The van der Waals surface area contributed by atoms with E-state index in [1.165, 1.54) is 23.9 Å². The predicted molar refractivity (Wildman–Crippen MR) is 79.3 cm³/mol. The lowest BCUT2D eigenvalue weighted by Crippen LogP contribution is -2.32. The smallest absolute Gasteiger partial charge is 0.235 e. The van der Waals surface area contributed by atoms with Gasteiger partial charge in [-0.3, -0.25) is 9.89 Å². The van der Waals surface area contributed by atoms with E-state index in [4.69, 9.17) is 0 Å². The van der Waals surface area contributed by atoms with Gasteiger partial charge in [0.15, 0.2) is 0 Å². The summed E-state index contributed by atoms with van der Waals surface area (Å²) < 4.78 is 13.1. The van der Waals surface area contributed by atoms with Crippen molar-refractivity contribution >= 4 is 17.7 Å². The molecule has 0 bridgehead atoms. The van der Waals surface area contributed by atoms with Crippen LogP contribution in [0, 0.1) is 12.7 Å². The van der Waals surface area contributed by atoms with E-state index in [2.05, 4.69) is 15.2 Å². The van der Waals surface area contributed by atoms with Gasteiger partial charge in [0.1, 0.15) is 11.6 Å². The van der Waals surface area contributed by atoms with Crippen molar-refractivity contribution < 1.29 is 9.18 Å². The maximum Gasteiger partial charge on any atom is 0.235 e. The van der Waals surface area contributed by atoms with Crippen LogP contribution in [-0.2, 0) is 11.3 Å². The number of thioether (sulfide) groups is 1. The molecule has 2 aromatic rings. The van der Waals surface area contributed by atoms with Crippen molar-refractivity contribution in [2.45, 2.75) is 30.8 Å². The molecule has 21 heavy (non-hydrogen) atoms. The van der Waals surface area contributed by atoms with E-state index in [1.54, 1.807) is 37.9 Å². The summed E-state index contributed by atoms with van der Waals surface area (Å²) in [5, 5.41) is 6.98. The van der Waals surface area contributed by atoms with Gasteiger partial charge in [-0.2, -0.15) is 0 Å². The fraction of sp³-hybridized carbons (Fsp3) is 0.357. The number of carbonyl (C=O) groups excluding carboxylic acids is 1. The largest absolute Gasteiger partial charge is 0.340 e. The average Bonchev–Trinajstić information content (AvgIpc) is 2.83. The number of amides is 1. The Hall–Kier alpha value is -1.89. The minimum absolute atomic E-state index is 0.0493. The van der Waals surface area contributed by atoms with Gasteiger partial charge in [0.2, 0.25) is 11.1 Å². The third-order valence-electron chi connectivity index (χ3n) is 2.89. The first-order valence-corrected chi connectivity index (χ1v) is 7.39. The molecule has 0 saturated heterocycles. The van der Waals surface area contributed by atoms with Crippen molar-refractivity contribution in [2.24, 2.45) is 0 Å². The van der Waals surface area contributed by atoms with Crippen LogP contribution in [0.5, 0.6) is 0 Å². The SMILES string of the molecule is Cc1nc(SC(C)C(=O)N(C)Cc2cccc(F)c2)n[nH]1. The molecule has 1 N–H and O–H groups in total. The summed E-state index contributed by atoms with van der Waals surface area (Å²) in [5.41, 5.74) is 0.761.